The number of carbonyl (C=O) groups is 3. The Morgan fingerprint density at radius 2 is 1.82 bits per heavy atom. The molecule has 0 unspecified atom stereocenters. The van der Waals surface area contributed by atoms with Crippen molar-refractivity contribution in [2.24, 2.45) is 0 Å². The van der Waals surface area contributed by atoms with Crippen molar-refractivity contribution >= 4 is 52.2 Å². The second-order valence-corrected chi connectivity index (χ2v) is 8.64. The van der Waals surface area contributed by atoms with Crippen LogP contribution in [0, 0.1) is 5.82 Å². The largest absolute Gasteiger partial charge is 0.489 e. The number of nitrogens with one attached hydrogen (secondary N) is 1. The van der Waals surface area contributed by atoms with Crippen molar-refractivity contribution in [2.75, 3.05) is 11.9 Å². The summed E-state index contributed by atoms with van der Waals surface area (Å²) >= 11 is 6.79. The van der Waals surface area contributed by atoms with Gasteiger partial charge >= 0.3 is 0 Å². The third kappa shape index (κ3) is 5.65. The van der Waals surface area contributed by atoms with E-state index in [0.29, 0.717) is 17.0 Å². The van der Waals surface area contributed by atoms with E-state index in [1.807, 2.05) is 6.07 Å². The van der Waals surface area contributed by atoms with E-state index in [1.54, 1.807) is 60.7 Å². The molecule has 0 bridgehead atoms. The molecule has 1 aliphatic rings. The Morgan fingerprint density at radius 3 is 2.59 bits per heavy atom. The van der Waals surface area contributed by atoms with Gasteiger partial charge in [-0.25, -0.2) is 4.39 Å². The number of ether oxygens (including phenoxy) is 1. The molecule has 1 saturated heterocycles. The molecule has 4 rings (SSSR count). The molecule has 3 aromatic carbocycles. The van der Waals surface area contributed by atoms with Crippen molar-refractivity contribution in [3.05, 3.63) is 99.7 Å². The highest BCUT2D eigenvalue weighted by Gasteiger charge is 2.36. The van der Waals surface area contributed by atoms with Crippen LogP contribution in [0.1, 0.15) is 11.1 Å². The van der Waals surface area contributed by atoms with E-state index in [9.17, 15) is 18.8 Å². The molecule has 1 N–H and O–H groups in total. The molecule has 3 amide bonds. The highest BCUT2D eigenvalue weighted by atomic mass is 35.5. The number of benzene rings is 3. The van der Waals surface area contributed by atoms with Gasteiger partial charge in [0.25, 0.3) is 11.1 Å². The summed E-state index contributed by atoms with van der Waals surface area (Å²) in [5.41, 5.74) is 1.42. The smallest absolute Gasteiger partial charge is 0.294 e. The summed E-state index contributed by atoms with van der Waals surface area (Å²) in [6.07, 6.45) is 1.54. The highest BCUT2D eigenvalue weighted by Crippen LogP contribution is 2.32. The summed E-state index contributed by atoms with van der Waals surface area (Å²) in [5, 5.41) is 2.39. The Balaban J connectivity index is 1.42. The number of para-hydroxylation sites is 1. The first-order valence-electron chi connectivity index (χ1n) is 10.2. The lowest BCUT2D eigenvalue weighted by Gasteiger charge is -2.12. The summed E-state index contributed by atoms with van der Waals surface area (Å²) in [5.74, 6) is -1.05. The van der Waals surface area contributed by atoms with E-state index in [1.165, 1.54) is 12.1 Å². The maximum Gasteiger partial charge on any atom is 0.294 e. The van der Waals surface area contributed by atoms with Crippen LogP contribution < -0.4 is 10.1 Å². The molecule has 0 atom stereocenters. The van der Waals surface area contributed by atoms with E-state index >= 15 is 0 Å². The summed E-state index contributed by atoms with van der Waals surface area (Å²) in [6, 6.07) is 19.9. The van der Waals surface area contributed by atoms with Crippen molar-refractivity contribution in [3.8, 4) is 5.75 Å². The fourth-order valence-corrected chi connectivity index (χ4v) is 4.23. The monoisotopic (exact) mass is 496 g/mol. The molecule has 9 heteroatoms. The maximum atomic E-state index is 14.0. The van der Waals surface area contributed by atoms with Crippen LogP contribution in [0.15, 0.2) is 77.7 Å². The minimum Gasteiger partial charge on any atom is -0.489 e. The molecule has 3 aromatic rings. The summed E-state index contributed by atoms with van der Waals surface area (Å²) in [6.45, 7) is -0.453. The van der Waals surface area contributed by atoms with Crippen LogP contribution in [0.2, 0.25) is 5.02 Å². The normalized spacial score (nSPS) is 14.5. The molecule has 0 saturated carbocycles. The number of hydrogen-bond acceptors (Lipinski definition) is 5. The van der Waals surface area contributed by atoms with Gasteiger partial charge in [-0.1, -0.05) is 48.0 Å². The van der Waals surface area contributed by atoms with Gasteiger partial charge in [-0.2, -0.15) is 0 Å². The Bertz CT molecular complexity index is 1260. The van der Waals surface area contributed by atoms with Crippen LogP contribution in [0.5, 0.6) is 5.75 Å². The lowest BCUT2D eigenvalue weighted by atomic mass is 10.2. The topological polar surface area (TPSA) is 75.7 Å². The number of thioether (sulfide) groups is 1. The first kappa shape index (κ1) is 23.5. The second kappa shape index (κ2) is 10.5. The molecule has 1 aliphatic heterocycles. The average molecular weight is 497 g/mol. The fraction of sp³-hybridized carbons (Fsp3) is 0.0800. The summed E-state index contributed by atoms with van der Waals surface area (Å²) < 4.78 is 19.6. The van der Waals surface area contributed by atoms with E-state index in [-0.39, 0.29) is 28.6 Å². The molecule has 6 nitrogen and oxygen atoms in total. The van der Waals surface area contributed by atoms with Crippen LogP contribution in [-0.2, 0) is 16.2 Å². The van der Waals surface area contributed by atoms with Crippen LogP contribution in [0.3, 0.4) is 0 Å². The number of imide groups is 1. The van der Waals surface area contributed by atoms with Gasteiger partial charge in [0.2, 0.25) is 5.91 Å². The molecular formula is C25H18ClFN2O4S. The van der Waals surface area contributed by atoms with Crippen molar-refractivity contribution in [3.63, 3.8) is 0 Å². The minimum atomic E-state index is -0.553. The maximum absolute atomic E-state index is 14.0. The molecule has 34 heavy (non-hydrogen) atoms. The molecule has 1 fully saturated rings. The number of hydrogen-bond donors (Lipinski definition) is 1. The summed E-state index contributed by atoms with van der Waals surface area (Å²) in [4.78, 5) is 38.4. The van der Waals surface area contributed by atoms with Crippen LogP contribution in [-0.4, -0.2) is 28.5 Å². The zero-order valence-corrected chi connectivity index (χ0v) is 19.2. The molecule has 0 spiro atoms. The molecule has 0 aromatic heterocycles. The molecule has 1 heterocycles. The van der Waals surface area contributed by atoms with Gasteiger partial charge in [-0.05, 0) is 59.8 Å². The quantitative estimate of drug-likeness (QED) is 0.422. The van der Waals surface area contributed by atoms with Crippen LogP contribution >= 0.6 is 23.4 Å². The van der Waals surface area contributed by atoms with Crippen LogP contribution in [0.25, 0.3) is 6.08 Å². The van der Waals surface area contributed by atoms with Crippen molar-refractivity contribution in [1.29, 1.82) is 0 Å². The number of amides is 3. The second-order valence-electron chi connectivity index (χ2n) is 7.24. The predicted molar refractivity (Wildman–Crippen MR) is 130 cm³/mol. The number of anilines is 1. The van der Waals surface area contributed by atoms with Crippen molar-refractivity contribution in [1.82, 2.24) is 4.90 Å². The SMILES string of the molecule is O=C(CN1C(=O)S/C(=C\c2cccc(OCc3c(F)cccc3Cl)c2)C1=O)Nc1ccccc1. The van der Waals surface area contributed by atoms with Gasteiger partial charge in [0.05, 0.1) is 9.93 Å². The van der Waals surface area contributed by atoms with Crippen molar-refractivity contribution in [2.45, 2.75) is 6.61 Å². The Kier molecular flexibility index (Phi) is 7.30. The van der Waals surface area contributed by atoms with Gasteiger partial charge < -0.3 is 10.1 Å². The molecule has 172 valence electrons. The zero-order valence-electron chi connectivity index (χ0n) is 17.7. The van der Waals surface area contributed by atoms with Gasteiger partial charge in [0.1, 0.15) is 24.7 Å². The number of nitrogens with zero attached hydrogens (tertiary/aromatic N) is 1. The molecule has 0 radical (unpaired) electrons. The number of carbonyl (C=O) groups excluding carboxylic acids is 3. The lowest BCUT2D eigenvalue weighted by Crippen LogP contribution is -2.36. The van der Waals surface area contributed by atoms with E-state index in [2.05, 4.69) is 5.32 Å². The standard InChI is InChI=1S/C25H18ClFN2O4S/c26-20-10-5-11-21(27)19(20)15-33-18-9-4-6-16(12-18)13-22-24(31)29(25(32)34-22)14-23(30)28-17-7-2-1-3-8-17/h1-13H,14-15H2,(H,28,30)/b22-13-. The van der Waals surface area contributed by atoms with Gasteiger partial charge in [-0.3, -0.25) is 19.3 Å². The zero-order chi connectivity index (χ0) is 24.1. The van der Waals surface area contributed by atoms with Gasteiger partial charge in [0.15, 0.2) is 0 Å². The predicted octanol–water partition coefficient (Wildman–Crippen LogP) is 5.73. The van der Waals surface area contributed by atoms with Gasteiger partial charge in [-0.15, -0.1) is 0 Å². The first-order chi connectivity index (χ1) is 16.4. The highest BCUT2D eigenvalue weighted by molar-refractivity contribution is 8.18. The minimum absolute atomic E-state index is 0.0675. The van der Waals surface area contributed by atoms with E-state index in [4.69, 9.17) is 16.3 Å². The Labute approximate surface area is 204 Å². The lowest BCUT2D eigenvalue weighted by molar-refractivity contribution is -0.127. The van der Waals surface area contributed by atoms with Crippen molar-refractivity contribution < 1.29 is 23.5 Å². The molecule has 0 aliphatic carbocycles. The van der Waals surface area contributed by atoms with Gasteiger partial charge in [0, 0.05) is 11.3 Å². The first-order valence-corrected chi connectivity index (χ1v) is 11.4. The number of rotatable bonds is 7. The van der Waals surface area contributed by atoms with Crippen LogP contribution in [0.4, 0.5) is 14.9 Å². The Morgan fingerprint density at radius 1 is 1.06 bits per heavy atom. The van der Waals surface area contributed by atoms with E-state index in [0.717, 1.165) is 16.7 Å². The third-order valence-electron chi connectivity index (χ3n) is 4.83. The third-order valence-corrected chi connectivity index (χ3v) is 6.10. The fourth-order valence-electron chi connectivity index (χ4n) is 3.17. The number of halogens is 2. The molecular weight excluding hydrogens is 479 g/mol. The average Bonchev–Trinajstić information content (AvgIpc) is 3.07. The Hall–Kier alpha value is -3.62. The van der Waals surface area contributed by atoms with E-state index < -0.39 is 22.9 Å². The summed E-state index contributed by atoms with van der Waals surface area (Å²) in [7, 11) is 0.